The minimum Gasteiger partial charge on any atom is -0.495 e. The summed E-state index contributed by atoms with van der Waals surface area (Å²) in [7, 11) is 1.60. The number of hydrogen-bond acceptors (Lipinski definition) is 6. The van der Waals surface area contributed by atoms with E-state index in [-0.39, 0.29) is 24.2 Å². The van der Waals surface area contributed by atoms with Gasteiger partial charge in [0.05, 0.1) is 24.3 Å². The van der Waals surface area contributed by atoms with Crippen LogP contribution in [0.4, 0.5) is 5.69 Å². The number of ether oxygens (including phenoxy) is 1. The summed E-state index contributed by atoms with van der Waals surface area (Å²) < 4.78 is 10.8. The van der Waals surface area contributed by atoms with Crippen molar-refractivity contribution >= 4 is 24.0 Å². The summed E-state index contributed by atoms with van der Waals surface area (Å²) in [4.78, 5) is 18.8. The van der Waals surface area contributed by atoms with Crippen LogP contribution in [0.5, 0.6) is 5.75 Å². The molecule has 1 aliphatic heterocycles. The smallest absolute Gasteiger partial charge is 0.232 e. The van der Waals surface area contributed by atoms with Crippen LogP contribution in [-0.2, 0) is 10.3 Å². The maximum Gasteiger partial charge on any atom is 0.232 e. The third-order valence-corrected chi connectivity index (χ3v) is 5.23. The van der Waals surface area contributed by atoms with Gasteiger partial charge in [-0.2, -0.15) is 4.98 Å². The zero-order valence-electron chi connectivity index (χ0n) is 14.7. The van der Waals surface area contributed by atoms with E-state index in [4.69, 9.17) is 15.0 Å². The lowest BCUT2D eigenvalue weighted by Crippen LogP contribution is -2.34. The number of nitrogens with two attached hydrogens (primary N) is 1. The number of hydrogen-bond donors (Lipinski definition) is 1. The molecule has 1 aliphatic carbocycles. The number of nitrogens with zero attached hydrogens (tertiary/aromatic N) is 3. The van der Waals surface area contributed by atoms with Crippen LogP contribution in [0.2, 0.25) is 0 Å². The van der Waals surface area contributed by atoms with Gasteiger partial charge in [-0.05, 0) is 25.0 Å². The molecule has 8 heteroatoms. The van der Waals surface area contributed by atoms with E-state index in [0.29, 0.717) is 30.4 Å². The fourth-order valence-electron chi connectivity index (χ4n) is 3.79. The van der Waals surface area contributed by atoms with Gasteiger partial charge < -0.3 is 19.9 Å². The molecule has 4 rings (SSSR count). The van der Waals surface area contributed by atoms with Crippen LogP contribution in [-0.4, -0.2) is 29.7 Å². The molecule has 1 aromatic carbocycles. The Morgan fingerprint density at radius 1 is 1.31 bits per heavy atom. The van der Waals surface area contributed by atoms with Crippen molar-refractivity contribution < 1.29 is 14.1 Å². The highest BCUT2D eigenvalue weighted by Crippen LogP contribution is 2.38. The number of carbonyl (C=O) groups is 1. The molecule has 2 aliphatic rings. The van der Waals surface area contributed by atoms with Gasteiger partial charge in [0.15, 0.2) is 5.82 Å². The van der Waals surface area contributed by atoms with Crippen molar-refractivity contribution in [1.82, 2.24) is 10.1 Å². The summed E-state index contributed by atoms with van der Waals surface area (Å²) in [5, 5.41) is 4.11. The number of rotatable bonds is 4. The second-order valence-corrected chi connectivity index (χ2v) is 6.90. The van der Waals surface area contributed by atoms with Gasteiger partial charge in [-0.1, -0.05) is 30.1 Å². The predicted octanol–water partition coefficient (Wildman–Crippen LogP) is 2.75. The first-order valence-electron chi connectivity index (χ1n) is 8.67. The number of aromatic nitrogens is 2. The zero-order valence-corrected chi connectivity index (χ0v) is 15.5. The van der Waals surface area contributed by atoms with Crippen LogP contribution in [0.1, 0.15) is 49.7 Å². The summed E-state index contributed by atoms with van der Waals surface area (Å²) in [5.41, 5.74) is 6.68. The van der Waals surface area contributed by atoms with E-state index in [1.807, 2.05) is 24.3 Å². The largest absolute Gasteiger partial charge is 0.495 e. The molecule has 1 aromatic heterocycles. The van der Waals surface area contributed by atoms with Crippen LogP contribution in [0.25, 0.3) is 0 Å². The number of halogens is 1. The van der Waals surface area contributed by atoms with Crippen molar-refractivity contribution in [3.63, 3.8) is 0 Å². The summed E-state index contributed by atoms with van der Waals surface area (Å²) in [5.74, 6) is 1.65. The van der Waals surface area contributed by atoms with Crippen LogP contribution < -0.4 is 15.4 Å². The first-order chi connectivity index (χ1) is 12.1. The highest BCUT2D eigenvalue weighted by molar-refractivity contribution is 5.97. The number of para-hydroxylation sites is 2. The molecule has 0 spiro atoms. The van der Waals surface area contributed by atoms with Gasteiger partial charge in [0, 0.05) is 13.0 Å². The minimum absolute atomic E-state index is 0. The highest BCUT2D eigenvalue weighted by Gasteiger charge is 2.39. The second kappa shape index (κ2) is 7.25. The van der Waals surface area contributed by atoms with Crippen LogP contribution in [0.15, 0.2) is 28.8 Å². The first kappa shape index (κ1) is 18.7. The molecule has 1 saturated carbocycles. The highest BCUT2D eigenvalue weighted by atomic mass is 35.5. The number of anilines is 1. The Bertz CT molecular complexity index is 788. The fourth-order valence-corrected chi connectivity index (χ4v) is 3.79. The number of benzene rings is 1. The Morgan fingerprint density at radius 2 is 2.04 bits per heavy atom. The average molecular weight is 379 g/mol. The van der Waals surface area contributed by atoms with Crippen molar-refractivity contribution in [1.29, 1.82) is 0 Å². The summed E-state index contributed by atoms with van der Waals surface area (Å²) in [6, 6.07) is 7.50. The topological polar surface area (TPSA) is 94.5 Å². The van der Waals surface area contributed by atoms with Crippen LogP contribution in [0.3, 0.4) is 0 Å². The van der Waals surface area contributed by atoms with Crippen molar-refractivity contribution in [2.24, 2.45) is 5.73 Å². The maximum absolute atomic E-state index is 12.5. The van der Waals surface area contributed by atoms with Gasteiger partial charge in [0.1, 0.15) is 5.75 Å². The average Bonchev–Trinajstić information content (AvgIpc) is 3.34. The number of carbonyl (C=O) groups excluding carboxylic acids is 1. The zero-order chi connectivity index (χ0) is 17.4. The molecule has 0 bridgehead atoms. The molecule has 2 heterocycles. The van der Waals surface area contributed by atoms with E-state index in [1.165, 1.54) is 0 Å². The predicted molar refractivity (Wildman–Crippen MR) is 98.6 cm³/mol. The van der Waals surface area contributed by atoms with Gasteiger partial charge >= 0.3 is 0 Å². The maximum atomic E-state index is 12.5. The Balaban J connectivity index is 0.00000196. The standard InChI is InChI=1S/C18H22N4O3.ClH/c1-24-14-7-3-2-6-13(14)22-11-12(10-15(22)23)16-20-17(21-25-16)18(19)8-4-5-9-18;/h2-3,6-7,12H,4-5,8-11,19H2,1H3;1H. The van der Waals surface area contributed by atoms with Gasteiger partial charge in [0.2, 0.25) is 11.8 Å². The molecule has 1 saturated heterocycles. The lowest BCUT2D eigenvalue weighted by atomic mass is 9.98. The monoisotopic (exact) mass is 378 g/mol. The van der Waals surface area contributed by atoms with Crippen molar-refractivity contribution in [2.45, 2.75) is 43.6 Å². The number of amides is 1. The summed E-state index contributed by atoms with van der Waals surface area (Å²) >= 11 is 0. The van der Waals surface area contributed by atoms with E-state index in [1.54, 1.807) is 12.0 Å². The van der Waals surface area contributed by atoms with E-state index >= 15 is 0 Å². The van der Waals surface area contributed by atoms with Crippen molar-refractivity contribution in [3.05, 3.63) is 36.0 Å². The van der Waals surface area contributed by atoms with Gasteiger partial charge in [-0.3, -0.25) is 4.79 Å². The molecular formula is C18H23ClN4O3. The van der Waals surface area contributed by atoms with Crippen LogP contribution in [0, 0.1) is 0 Å². The van der Waals surface area contributed by atoms with E-state index in [9.17, 15) is 4.79 Å². The van der Waals surface area contributed by atoms with Gasteiger partial charge in [0.25, 0.3) is 0 Å². The molecule has 26 heavy (non-hydrogen) atoms. The van der Waals surface area contributed by atoms with Gasteiger partial charge in [-0.15, -0.1) is 12.4 Å². The Morgan fingerprint density at radius 3 is 2.77 bits per heavy atom. The molecule has 2 aromatic rings. The SMILES string of the molecule is COc1ccccc1N1CC(c2nc(C3(N)CCCC3)no2)CC1=O.Cl. The second-order valence-electron chi connectivity index (χ2n) is 6.90. The van der Waals surface area contributed by atoms with Gasteiger partial charge in [-0.25, -0.2) is 0 Å². The molecule has 1 unspecified atom stereocenters. The lowest BCUT2D eigenvalue weighted by Gasteiger charge is -2.19. The normalized spacial score (nSPS) is 21.7. The summed E-state index contributed by atoms with van der Waals surface area (Å²) in [6.07, 6.45) is 4.27. The lowest BCUT2D eigenvalue weighted by molar-refractivity contribution is -0.117. The van der Waals surface area contributed by atoms with Crippen molar-refractivity contribution in [2.75, 3.05) is 18.6 Å². The van der Waals surface area contributed by atoms with E-state index in [2.05, 4.69) is 10.1 Å². The summed E-state index contributed by atoms with van der Waals surface area (Å²) in [6.45, 7) is 0.498. The Kier molecular flexibility index (Phi) is 5.20. The molecule has 140 valence electrons. The molecule has 7 nitrogen and oxygen atoms in total. The third-order valence-electron chi connectivity index (χ3n) is 5.23. The quantitative estimate of drug-likeness (QED) is 0.879. The van der Waals surface area contributed by atoms with Crippen LogP contribution >= 0.6 is 12.4 Å². The molecular weight excluding hydrogens is 356 g/mol. The first-order valence-corrected chi connectivity index (χ1v) is 8.67. The molecule has 2 N–H and O–H groups in total. The minimum atomic E-state index is -0.479. The fraction of sp³-hybridized carbons (Fsp3) is 0.500. The van der Waals surface area contributed by atoms with E-state index < -0.39 is 5.54 Å². The number of methoxy groups -OCH3 is 1. The molecule has 0 radical (unpaired) electrons. The van der Waals surface area contributed by atoms with Crippen molar-refractivity contribution in [3.8, 4) is 5.75 Å². The third kappa shape index (κ3) is 3.17. The Hall–Kier alpha value is -2.12. The molecule has 1 atom stereocenters. The molecule has 2 fully saturated rings. The molecule has 1 amide bonds. The van der Waals surface area contributed by atoms with E-state index in [0.717, 1.165) is 31.4 Å². The Labute approximate surface area is 158 Å².